The molecule has 1 saturated heterocycles. The van der Waals surface area contributed by atoms with E-state index in [-0.39, 0.29) is 0 Å². The van der Waals surface area contributed by atoms with E-state index in [4.69, 9.17) is 0 Å². The van der Waals surface area contributed by atoms with Crippen LogP contribution in [-0.4, -0.2) is 34.0 Å². The minimum Gasteiger partial charge on any atom is -0.388 e. The summed E-state index contributed by atoms with van der Waals surface area (Å²) >= 11 is 0. The van der Waals surface area contributed by atoms with Crippen molar-refractivity contribution in [2.45, 2.75) is 32.8 Å². The molecule has 1 unspecified atom stereocenters. The second-order valence-electron chi connectivity index (χ2n) is 4.64. The standard InChI is InChI=1S/C11H17N3O/c1-8-6-10(13-12-9(8)2)14-5-4-11(3,15)7-14/h6,15H,4-5,7H2,1-3H3. The number of rotatable bonds is 1. The number of β-amino-alcohol motifs (C(OH)–C–C–N with tert-alkyl or cyclic N) is 1. The highest BCUT2D eigenvalue weighted by atomic mass is 16.3. The van der Waals surface area contributed by atoms with Gasteiger partial charge < -0.3 is 10.0 Å². The molecule has 0 radical (unpaired) electrons. The molecule has 82 valence electrons. The molecule has 4 nitrogen and oxygen atoms in total. The lowest BCUT2D eigenvalue weighted by molar-refractivity contribution is 0.0839. The van der Waals surface area contributed by atoms with Gasteiger partial charge in [0.05, 0.1) is 11.3 Å². The molecule has 4 heteroatoms. The van der Waals surface area contributed by atoms with Crippen molar-refractivity contribution in [2.75, 3.05) is 18.0 Å². The molecule has 1 N–H and O–H groups in total. The third-order valence-electron chi connectivity index (χ3n) is 2.99. The van der Waals surface area contributed by atoms with Gasteiger partial charge in [0.15, 0.2) is 5.82 Å². The van der Waals surface area contributed by atoms with Gasteiger partial charge in [-0.3, -0.25) is 0 Å². The normalized spacial score (nSPS) is 26.0. The molecule has 1 fully saturated rings. The van der Waals surface area contributed by atoms with Crippen LogP contribution in [0.25, 0.3) is 0 Å². The van der Waals surface area contributed by atoms with Crippen LogP contribution in [0.3, 0.4) is 0 Å². The van der Waals surface area contributed by atoms with Crippen LogP contribution in [0.2, 0.25) is 0 Å². The lowest BCUT2D eigenvalue weighted by Crippen LogP contribution is -2.30. The van der Waals surface area contributed by atoms with Crippen LogP contribution in [0, 0.1) is 13.8 Å². The first-order valence-corrected chi connectivity index (χ1v) is 5.26. The van der Waals surface area contributed by atoms with Gasteiger partial charge in [0.2, 0.25) is 0 Å². The Morgan fingerprint density at radius 1 is 1.40 bits per heavy atom. The van der Waals surface area contributed by atoms with Gasteiger partial charge in [-0.1, -0.05) is 0 Å². The fourth-order valence-corrected chi connectivity index (χ4v) is 1.83. The molecule has 2 heterocycles. The largest absolute Gasteiger partial charge is 0.388 e. The highest BCUT2D eigenvalue weighted by Crippen LogP contribution is 2.25. The summed E-state index contributed by atoms with van der Waals surface area (Å²) in [7, 11) is 0. The van der Waals surface area contributed by atoms with E-state index >= 15 is 0 Å². The van der Waals surface area contributed by atoms with Gasteiger partial charge in [-0.2, -0.15) is 5.10 Å². The number of hydrogen-bond donors (Lipinski definition) is 1. The van der Waals surface area contributed by atoms with Crippen molar-refractivity contribution < 1.29 is 5.11 Å². The Balaban J connectivity index is 2.21. The van der Waals surface area contributed by atoms with Crippen molar-refractivity contribution in [3.8, 4) is 0 Å². The van der Waals surface area contributed by atoms with Crippen molar-refractivity contribution in [1.29, 1.82) is 0 Å². The smallest absolute Gasteiger partial charge is 0.151 e. The van der Waals surface area contributed by atoms with Crippen molar-refractivity contribution in [2.24, 2.45) is 0 Å². The molecule has 0 aliphatic carbocycles. The molecule has 1 aliphatic heterocycles. The van der Waals surface area contributed by atoms with E-state index in [9.17, 15) is 5.11 Å². The number of aliphatic hydroxyl groups is 1. The van der Waals surface area contributed by atoms with E-state index in [1.807, 2.05) is 26.8 Å². The third-order valence-corrected chi connectivity index (χ3v) is 2.99. The van der Waals surface area contributed by atoms with E-state index in [2.05, 4.69) is 15.1 Å². The molecule has 0 saturated carbocycles. The molecule has 1 aliphatic rings. The Hall–Kier alpha value is -1.16. The van der Waals surface area contributed by atoms with Crippen LogP contribution >= 0.6 is 0 Å². The minimum atomic E-state index is -0.583. The van der Waals surface area contributed by atoms with E-state index in [1.54, 1.807) is 0 Å². The first kappa shape index (κ1) is 10.4. The number of aromatic nitrogens is 2. The molecule has 1 atom stereocenters. The van der Waals surface area contributed by atoms with Crippen molar-refractivity contribution in [1.82, 2.24) is 10.2 Å². The zero-order valence-corrected chi connectivity index (χ0v) is 9.49. The molecule has 0 spiro atoms. The molecule has 1 aromatic rings. The molecular weight excluding hydrogens is 190 g/mol. The molecular formula is C11H17N3O. The Morgan fingerprint density at radius 2 is 2.13 bits per heavy atom. The van der Waals surface area contributed by atoms with Crippen LogP contribution in [0.1, 0.15) is 24.6 Å². The summed E-state index contributed by atoms with van der Waals surface area (Å²) in [5.41, 5.74) is 1.52. The molecule has 2 rings (SSSR count). The van der Waals surface area contributed by atoms with Crippen molar-refractivity contribution in [3.63, 3.8) is 0 Å². The Morgan fingerprint density at radius 3 is 2.67 bits per heavy atom. The summed E-state index contributed by atoms with van der Waals surface area (Å²) in [6.07, 6.45) is 0.793. The highest BCUT2D eigenvalue weighted by Gasteiger charge is 2.32. The first-order chi connectivity index (χ1) is 6.98. The Labute approximate surface area is 89.9 Å². The monoisotopic (exact) mass is 207 g/mol. The van der Waals surface area contributed by atoms with E-state index in [0.717, 1.165) is 30.0 Å². The number of anilines is 1. The summed E-state index contributed by atoms with van der Waals surface area (Å²) < 4.78 is 0. The maximum atomic E-state index is 9.86. The van der Waals surface area contributed by atoms with Crippen LogP contribution in [0.15, 0.2) is 6.07 Å². The van der Waals surface area contributed by atoms with Crippen LogP contribution < -0.4 is 4.90 Å². The number of nitrogens with zero attached hydrogens (tertiary/aromatic N) is 3. The Bertz CT molecular complexity index is 376. The van der Waals surface area contributed by atoms with Gasteiger partial charge in [-0.15, -0.1) is 5.10 Å². The molecule has 1 aromatic heterocycles. The number of aryl methyl sites for hydroxylation is 2. The zero-order valence-electron chi connectivity index (χ0n) is 9.49. The Kier molecular flexibility index (Phi) is 2.38. The van der Waals surface area contributed by atoms with E-state index in [0.29, 0.717) is 6.54 Å². The predicted octanol–water partition coefficient (Wildman–Crippen LogP) is 1.05. The predicted molar refractivity (Wildman–Crippen MR) is 59.0 cm³/mol. The summed E-state index contributed by atoms with van der Waals surface area (Å²) in [4.78, 5) is 2.08. The van der Waals surface area contributed by atoms with Gasteiger partial charge >= 0.3 is 0 Å². The average Bonchev–Trinajstić information content (AvgIpc) is 2.51. The topological polar surface area (TPSA) is 49.2 Å². The fourth-order valence-electron chi connectivity index (χ4n) is 1.83. The van der Waals surface area contributed by atoms with Gasteiger partial charge in [0, 0.05) is 13.1 Å². The van der Waals surface area contributed by atoms with Crippen LogP contribution in [-0.2, 0) is 0 Å². The van der Waals surface area contributed by atoms with Gasteiger partial charge in [0.1, 0.15) is 0 Å². The summed E-state index contributed by atoms with van der Waals surface area (Å²) in [5, 5.41) is 18.1. The van der Waals surface area contributed by atoms with Crippen molar-refractivity contribution >= 4 is 5.82 Å². The molecule has 0 aromatic carbocycles. The van der Waals surface area contributed by atoms with E-state index < -0.39 is 5.60 Å². The third kappa shape index (κ3) is 2.09. The van der Waals surface area contributed by atoms with Crippen LogP contribution in [0.4, 0.5) is 5.82 Å². The fraction of sp³-hybridized carbons (Fsp3) is 0.636. The quantitative estimate of drug-likeness (QED) is 0.748. The molecule has 0 bridgehead atoms. The maximum Gasteiger partial charge on any atom is 0.151 e. The second kappa shape index (κ2) is 3.45. The zero-order chi connectivity index (χ0) is 11.1. The second-order valence-corrected chi connectivity index (χ2v) is 4.64. The summed E-state index contributed by atoms with van der Waals surface area (Å²) in [5.74, 6) is 0.871. The SMILES string of the molecule is Cc1cc(N2CCC(C)(O)C2)nnc1C. The minimum absolute atomic E-state index is 0.583. The summed E-state index contributed by atoms with van der Waals surface area (Å²) in [6, 6.07) is 2.03. The van der Waals surface area contributed by atoms with Gasteiger partial charge in [0.25, 0.3) is 0 Å². The lowest BCUT2D eigenvalue weighted by atomic mass is 10.1. The lowest BCUT2D eigenvalue weighted by Gasteiger charge is -2.19. The molecule has 15 heavy (non-hydrogen) atoms. The first-order valence-electron chi connectivity index (χ1n) is 5.26. The maximum absolute atomic E-state index is 9.86. The van der Waals surface area contributed by atoms with Gasteiger partial charge in [-0.05, 0) is 38.8 Å². The van der Waals surface area contributed by atoms with Crippen LogP contribution in [0.5, 0.6) is 0 Å². The average molecular weight is 207 g/mol. The van der Waals surface area contributed by atoms with E-state index in [1.165, 1.54) is 0 Å². The highest BCUT2D eigenvalue weighted by molar-refractivity contribution is 5.42. The summed E-state index contributed by atoms with van der Waals surface area (Å²) in [6.45, 7) is 7.34. The van der Waals surface area contributed by atoms with Gasteiger partial charge in [-0.25, -0.2) is 0 Å². The number of hydrogen-bond acceptors (Lipinski definition) is 4. The van der Waals surface area contributed by atoms with Crippen molar-refractivity contribution in [3.05, 3.63) is 17.3 Å². The molecule has 0 amide bonds.